The number of anilines is 2. The first-order chi connectivity index (χ1) is 23.1. The second kappa shape index (κ2) is 12.5. The van der Waals surface area contributed by atoms with Gasteiger partial charge in [0.1, 0.15) is 45.1 Å². The monoisotopic (exact) mass is 684 g/mol. The van der Waals surface area contributed by atoms with E-state index in [1.54, 1.807) is 0 Å². The van der Waals surface area contributed by atoms with Crippen molar-refractivity contribution in [2.24, 2.45) is 11.3 Å². The number of piperidine rings is 1. The van der Waals surface area contributed by atoms with Gasteiger partial charge in [0, 0.05) is 54.1 Å². The maximum absolute atomic E-state index is 17.0. The van der Waals surface area contributed by atoms with Crippen molar-refractivity contribution in [2.45, 2.75) is 45.2 Å². The predicted molar refractivity (Wildman–Crippen MR) is 176 cm³/mol. The average molecular weight is 685 g/mol. The first-order valence-electron chi connectivity index (χ1n) is 16.1. The van der Waals surface area contributed by atoms with Crippen LogP contribution in [0.1, 0.15) is 38.7 Å². The summed E-state index contributed by atoms with van der Waals surface area (Å²) in [6.07, 6.45) is 2.63. The van der Waals surface area contributed by atoms with Gasteiger partial charge >= 0.3 is 6.01 Å². The number of nitrogens with one attached hydrogen (secondary N) is 1. The third kappa shape index (κ3) is 5.34. The van der Waals surface area contributed by atoms with Crippen molar-refractivity contribution in [2.75, 3.05) is 63.7 Å². The Bertz CT molecular complexity index is 1940. The average Bonchev–Trinajstić information content (AvgIpc) is 3.60. The van der Waals surface area contributed by atoms with E-state index in [9.17, 15) is 14.0 Å². The Labute approximate surface area is 278 Å². The summed E-state index contributed by atoms with van der Waals surface area (Å²) in [5.41, 5.74) is 4.05. The Balaban J connectivity index is 1.42. The van der Waals surface area contributed by atoms with Crippen LogP contribution < -0.4 is 25.4 Å². The highest BCUT2D eigenvalue weighted by Crippen LogP contribution is 2.46. The highest BCUT2D eigenvalue weighted by atomic mass is 32.1. The summed E-state index contributed by atoms with van der Waals surface area (Å²) in [6.45, 7) is 6.99. The number of nitriles is 1. The van der Waals surface area contributed by atoms with Crippen LogP contribution in [0, 0.1) is 40.1 Å². The number of nitrogen functional groups attached to an aromatic ring is 1. The number of fused-ring (bicyclic) bond motifs is 4. The van der Waals surface area contributed by atoms with E-state index < -0.39 is 40.8 Å². The molecule has 10 nitrogen and oxygen atoms in total. The number of alkyl halides is 1. The summed E-state index contributed by atoms with van der Waals surface area (Å²) in [4.78, 5) is 17.9. The first-order valence-corrected chi connectivity index (χ1v) is 16.9. The smallest absolute Gasteiger partial charge is 0.319 e. The molecule has 0 aliphatic carbocycles. The number of likely N-dealkylation sites (tertiary alicyclic amines) is 1. The first kappa shape index (κ1) is 32.5. The van der Waals surface area contributed by atoms with Gasteiger partial charge in [-0.3, -0.25) is 4.39 Å². The number of rotatable bonds is 8. The minimum atomic E-state index is -1.13. The van der Waals surface area contributed by atoms with Crippen molar-refractivity contribution in [3.05, 3.63) is 29.1 Å². The van der Waals surface area contributed by atoms with Gasteiger partial charge in [-0.1, -0.05) is 13.8 Å². The van der Waals surface area contributed by atoms with Gasteiger partial charge in [-0.2, -0.15) is 15.2 Å². The van der Waals surface area contributed by atoms with E-state index in [0.29, 0.717) is 37.9 Å². The van der Waals surface area contributed by atoms with Crippen molar-refractivity contribution >= 4 is 43.1 Å². The lowest BCUT2D eigenvalue weighted by atomic mass is 9.73. The fourth-order valence-electron chi connectivity index (χ4n) is 7.58. The molecule has 1 aromatic carbocycles. The third-order valence-corrected chi connectivity index (χ3v) is 11.2. The summed E-state index contributed by atoms with van der Waals surface area (Å²) < 4.78 is 73.6. The number of hydrogen-bond acceptors (Lipinski definition) is 11. The van der Waals surface area contributed by atoms with Crippen LogP contribution in [0.15, 0.2) is 6.07 Å². The predicted octanol–water partition coefficient (Wildman–Crippen LogP) is 5.42. The van der Waals surface area contributed by atoms with Crippen molar-refractivity contribution in [1.82, 2.24) is 25.2 Å². The molecule has 3 fully saturated rings. The minimum Gasteiger partial charge on any atom is -0.480 e. The van der Waals surface area contributed by atoms with Gasteiger partial charge in [0.25, 0.3) is 0 Å². The number of piperazine rings is 1. The Morgan fingerprint density at radius 1 is 1.12 bits per heavy atom. The molecule has 3 aliphatic heterocycles. The number of hydrogen-bond donors (Lipinski definition) is 2. The topological polar surface area (TPSA) is 125 Å². The van der Waals surface area contributed by atoms with E-state index >= 15 is 8.78 Å². The molecule has 3 N–H and O–H groups in total. The van der Waals surface area contributed by atoms with Crippen LogP contribution in [0.3, 0.4) is 0 Å². The fraction of sp³-hybridized carbons (Fsp3) is 0.515. The molecule has 48 heavy (non-hydrogen) atoms. The summed E-state index contributed by atoms with van der Waals surface area (Å²) in [6, 6.07) is 2.78. The van der Waals surface area contributed by atoms with Crippen molar-refractivity contribution < 1.29 is 27.0 Å². The molecule has 0 spiro atoms. The van der Waals surface area contributed by atoms with Crippen LogP contribution in [0.25, 0.3) is 32.2 Å². The summed E-state index contributed by atoms with van der Waals surface area (Å²) in [5.74, 6) is -3.07. The van der Waals surface area contributed by atoms with Gasteiger partial charge in [0.05, 0.1) is 30.7 Å². The molecule has 6 heterocycles. The van der Waals surface area contributed by atoms with Crippen molar-refractivity contribution in [3.8, 4) is 29.2 Å². The third-order valence-electron chi connectivity index (χ3n) is 10.2. The molecule has 3 aliphatic rings. The number of aromatic nitrogens is 3. The lowest BCUT2D eigenvalue weighted by molar-refractivity contribution is -0.00718. The number of nitrogens with two attached hydrogens (primary N) is 1. The van der Waals surface area contributed by atoms with E-state index in [4.69, 9.17) is 20.2 Å². The Morgan fingerprint density at radius 2 is 1.88 bits per heavy atom. The molecule has 0 unspecified atom stereocenters. The number of thiophene rings is 1. The van der Waals surface area contributed by atoms with Gasteiger partial charge in [-0.15, -0.1) is 11.3 Å². The van der Waals surface area contributed by atoms with Gasteiger partial charge in [0.15, 0.2) is 5.82 Å². The zero-order valence-electron chi connectivity index (χ0n) is 26.9. The Morgan fingerprint density at radius 3 is 2.54 bits per heavy atom. The van der Waals surface area contributed by atoms with Gasteiger partial charge in [0.2, 0.25) is 5.88 Å². The molecule has 4 atom stereocenters. The molecule has 2 bridgehead atoms. The number of halogens is 4. The van der Waals surface area contributed by atoms with E-state index in [0.717, 1.165) is 37.3 Å². The van der Waals surface area contributed by atoms with Gasteiger partial charge < -0.3 is 30.3 Å². The quantitative estimate of drug-likeness (QED) is 0.233. The SMILES string of the molecule is CCN1CC[C@H](CF)[C@](C)(COc2nc(N3C[C@H]4CC[C@@H](C3)N4)c3c(OC)nc(-c4c(F)cc(F)c5sc(N)c(C#N)c45)c(F)c3n2)C1. The van der Waals surface area contributed by atoms with Crippen LogP contribution in [-0.2, 0) is 0 Å². The summed E-state index contributed by atoms with van der Waals surface area (Å²) >= 11 is 0.764. The number of nitrogens with zero attached hydrogens (tertiary/aromatic N) is 6. The number of ether oxygens (including phenoxy) is 2. The zero-order valence-corrected chi connectivity index (χ0v) is 27.7. The molecule has 0 radical (unpaired) electrons. The van der Waals surface area contributed by atoms with Crippen molar-refractivity contribution in [1.29, 1.82) is 5.26 Å². The summed E-state index contributed by atoms with van der Waals surface area (Å²) in [5, 5.41) is 13.4. The number of benzene rings is 1. The molecular formula is C33H36F4N8O2S. The van der Waals surface area contributed by atoms with Crippen LogP contribution >= 0.6 is 11.3 Å². The highest BCUT2D eigenvalue weighted by molar-refractivity contribution is 7.23. The second-order valence-electron chi connectivity index (χ2n) is 13.2. The molecular weight excluding hydrogens is 648 g/mol. The lowest BCUT2D eigenvalue weighted by Gasteiger charge is -2.44. The van der Waals surface area contributed by atoms with E-state index in [1.165, 1.54) is 7.11 Å². The van der Waals surface area contributed by atoms with Gasteiger partial charge in [-0.05, 0) is 38.3 Å². The van der Waals surface area contributed by atoms with Crippen LogP contribution in [0.5, 0.6) is 11.9 Å². The minimum absolute atomic E-state index is 0.0375. The zero-order chi connectivity index (χ0) is 33.9. The Hall–Kier alpha value is -4.00. The molecule has 254 valence electrons. The molecule has 3 saturated heterocycles. The maximum atomic E-state index is 17.0. The largest absolute Gasteiger partial charge is 0.480 e. The number of methoxy groups -OCH3 is 1. The maximum Gasteiger partial charge on any atom is 0.319 e. The van der Waals surface area contributed by atoms with Crippen molar-refractivity contribution in [3.63, 3.8) is 0 Å². The van der Waals surface area contributed by atoms with Crippen LogP contribution in [0.4, 0.5) is 28.4 Å². The Kier molecular flexibility index (Phi) is 8.45. The molecule has 4 aromatic rings. The lowest BCUT2D eigenvalue weighted by Crippen LogP contribution is -2.51. The van der Waals surface area contributed by atoms with Crippen LogP contribution in [-0.4, -0.2) is 85.1 Å². The number of pyridine rings is 1. The van der Waals surface area contributed by atoms with E-state index in [-0.39, 0.29) is 68.1 Å². The van der Waals surface area contributed by atoms with E-state index in [2.05, 4.69) is 27.1 Å². The van der Waals surface area contributed by atoms with E-state index in [1.807, 2.05) is 17.9 Å². The molecule has 0 amide bonds. The standard InChI is InChI=1S/C33H36F4N8O2S/c1-4-44-8-7-16(10-34)33(2,14-44)15-47-32-42-27-24(30(43-32)45-12-17-5-6-18(13-45)40-17)31(46-3)41-26(25(27)37)23-20(35)9-21(36)28-22(23)19(11-38)29(39)48-28/h9,16-18,40H,4-8,10,12-15,39H2,1-3H3/t16-,17-,18+,33+/m1/s1. The summed E-state index contributed by atoms with van der Waals surface area (Å²) in [7, 11) is 1.35. The van der Waals surface area contributed by atoms with Crippen LogP contribution in [0.2, 0.25) is 0 Å². The second-order valence-corrected chi connectivity index (χ2v) is 14.3. The molecule has 15 heteroatoms. The molecule has 7 rings (SSSR count). The molecule has 0 saturated carbocycles. The normalized spacial score (nSPS) is 24.4. The van der Waals surface area contributed by atoms with Gasteiger partial charge in [-0.25, -0.2) is 18.2 Å². The molecule has 3 aromatic heterocycles. The highest BCUT2D eigenvalue weighted by Gasteiger charge is 2.41. The fourth-order valence-corrected chi connectivity index (χ4v) is 8.51.